The lowest BCUT2D eigenvalue weighted by atomic mass is 10.1. The molecule has 1 aliphatic heterocycles. The van der Waals surface area contributed by atoms with Crippen LogP contribution in [0.3, 0.4) is 0 Å². The standard InChI is InChI=1S/C21H23N5O4/c1-13-8-5-6-9-15(13)23-17(27)12-26-20(28)18(19-22-14(2)30-24-19)16-10-4-3-7-11-25(16)21(26)29/h5-6,8-9H,3-4,7,10-12H2,1-2H3,(H,23,27). The van der Waals surface area contributed by atoms with Crippen molar-refractivity contribution in [1.29, 1.82) is 0 Å². The Balaban J connectivity index is 1.79. The second-order valence-corrected chi connectivity index (χ2v) is 7.46. The summed E-state index contributed by atoms with van der Waals surface area (Å²) in [4.78, 5) is 43.3. The largest absolute Gasteiger partial charge is 0.339 e. The number of para-hydroxylation sites is 1. The molecule has 156 valence electrons. The molecule has 4 rings (SSSR count). The zero-order chi connectivity index (χ0) is 21.3. The minimum atomic E-state index is -0.575. The van der Waals surface area contributed by atoms with Gasteiger partial charge in [0.05, 0.1) is 0 Å². The second-order valence-electron chi connectivity index (χ2n) is 7.46. The van der Waals surface area contributed by atoms with E-state index in [1.54, 1.807) is 17.6 Å². The number of benzene rings is 1. The van der Waals surface area contributed by atoms with Gasteiger partial charge >= 0.3 is 5.69 Å². The van der Waals surface area contributed by atoms with Crippen molar-refractivity contribution >= 4 is 11.6 Å². The van der Waals surface area contributed by atoms with Gasteiger partial charge in [-0.15, -0.1) is 0 Å². The highest BCUT2D eigenvalue weighted by atomic mass is 16.5. The third kappa shape index (κ3) is 3.70. The minimum absolute atomic E-state index is 0.149. The third-order valence-corrected chi connectivity index (χ3v) is 5.30. The highest BCUT2D eigenvalue weighted by Crippen LogP contribution is 2.21. The van der Waals surface area contributed by atoms with Crippen molar-refractivity contribution in [2.75, 3.05) is 5.32 Å². The Morgan fingerprint density at radius 3 is 2.70 bits per heavy atom. The fourth-order valence-corrected chi connectivity index (χ4v) is 3.78. The Labute approximate surface area is 172 Å². The Morgan fingerprint density at radius 2 is 1.97 bits per heavy atom. The number of amides is 1. The highest BCUT2D eigenvalue weighted by Gasteiger charge is 2.25. The fraction of sp³-hybridized carbons (Fsp3) is 0.381. The lowest BCUT2D eigenvalue weighted by molar-refractivity contribution is -0.116. The fourth-order valence-electron chi connectivity index (χ4n) is 3.78. The molecule has 0 saturated carbocycles. The average Bonchev–Trinajstić information content (AvgIpc) is 2.99. The van der Waals surface area contributed by atoms with Crippen molar-refractivity contribution in [2.45, 2.75) is 52.6 Å². The van der Waals surface area contributed by atoms with Gasteiger partial charge in [0.1, 0.15) is 12.1 Å². The number of carbonyl (C=O) groups excluding carboxylic acids is 1. The van der Waals surface area contributed by atoms with Crippen molar-refractivity contribution in [2.24, 2.45) is 0 Å². The maximum atomic E-state index is 13.3. The number of fused-ring (bicyclic) bond motifs is 1. The summed E-state index contributed by atoms with van der Waals surface area (Å²) in [5.41, 5.74) is 1.31. The van der Waals surface area contributed by atoms with Crippen LogP contribution < -0.4 is 16.6 Å². The highest BCUT2D eigenvalue weighted by molar-refractivity contribution is 5.91. The molecule has 1 N–H and O–H groups in total. The maximum absolute atomic E-state index is 13.3. The summed E-state index contributed by atoms with van der Waals surface area (Å²) in [5, 5.41) is 6.67. The van der Waals surface area contributed by atoms with Crippen LogP contribution in [0.1, 0.15) is 36.4 Å². The molecule has 0 bridgehead atoms. The van der Waals surface area contributed by atoms with Crippen molar-refractivity contribution in [1.82, 2.24) is 19.3 Å². The van der Waals surface area contributed by atoms with E-state index in [2.05, 4.69) is 15.5 Å². The summed E-state index contributed by atoms with van der Waals surface area (Å²) in [7, 11) is 0. The van der Waals surface area contributed by atoms with E-state index < -0.39 is 23.7 Å². The Morgan fingerprint density at radius 1 is 1.17 bits per heavy atom. The number of hydrogen-bond acceptors (Lipinski definition) is 6. The topological polar surface area (TPSA) is 112 Å². The van der Waals surface area contributed by atoms with E-state index in [1.165, 1.54) is 0 Å². The smallest absolute Gasteiger partial charge is 0.331 e. The van der Waals surface area contributed by atoms with Gasteiger partial charge in [0.2, 0.25) is 17.6 Å². The minimum Gasteiger partial charge on any atom is -0.339 e. The number of hydrogen-bond donors (Lipinski definition) is 1. The van der Waals surface area contributed by atoms with Gasteiger partial charge in [-0.3, -0.25) is 18.7 Å². The SMILES string of the molecule is Cc1nc(-c2c3n(c(=O)n(CC(=O)Nc4ccccc4C)c2=O)CCCCC3)no1. The molecule has 1 aromatic carbocycles. The second kappa shape index (κ2) is 8.10. The Bertz CT molecular complexity index is 1220. The predicted molar refractivity (Wildman–Crippen MR) is 110 cm³/mol. The van der Waals surface area contributed by atoms with Crippen molar-refractivity contribution in [3.05, 3.63) is 62.3 Å². The van der Waals surface area contributed by atoms with Crippen LogP contribution >= 0.6 is 0 Å². The van der Waals surface area contributed by atoms with Gasteiger partial charge in [-0.2, -0.15) is 4.98 Å². The van der Waals surface area contributed by atoms with E-state index in [-0.39, 0.29) is 11.4 Å². The Kier molecular flexibility index (Phi) is 5.35. The van der Waals surface area contributed by atoms with Gasteiger partial charge < -0.3 is 9.84 Å². The summed E-state index contributed by atoms with van der Waals surface area (Å²) < 4.78 is 7.61. The van der Waals surface area contributed by atoms with Crippen molar-refractivity contribution in [3.63, 3.8) is 0 Å². The predicted octanol–water partition coefficient (Wildman–Crippen LogP) is 2.04. The van der Waals surface area contributed by atoms with Gasteiger partial charge in [0.25, 0.3) is 5.56 Å². The quantitative estimate of drug-likeness (QED) is 0.706. The van der Waals surface area contributed by atoms with Crippen LogP contribution in [0.25, 0.3) is 11.4 Å². The van der Waals surface area contributed by atoms with Gasteiger partial charge in [-0.1, -0.05) is 29.8 Å². The molecule has 0 spiro atoms. The number of rotatable bonds is 4. The number of anilines is 1. The first-order valence-electron chi connectivity index (χ1n) is 9.98. The molecule has 30 heavy (non-hydrogen) atoms. The molecule has 9 heteroatoms. The first kappa shape index (κ1) is 19.8. The zero-order valence-electron chi connectivity index (χ0n) is 17.0. The van der Waals surface area contributed by atoms with E-state index in [0.717, 1.165) is 29.4 Å². The van der Waals surface area contributed by atoms with Crippen molar-refractivity contribution < 1.29 is 9.32 Å². The molecule has 0 radical (unpaired) electrons. The molecular formula is C21H23N5O4. The average molecular weight is 409 g/mol. The van der Waals surface area contributed by atoms with Gasteiger partial charge in [-0.05, 0) is 37.8 Å². The zero-order valence-corrected chi connectivity index (χ0v) is 17.0. The number of aryl methyl sites for hydroxylation is 2. The molecule has 0 aliphatic carbocycles. The van der Waals surface area contributed by atoms with E-state index in [1.807, 2.05) is 25.1 Å². The van der Waals surface area contributed by atoms with Crippen molar-refractivity contribution in [3.8, 4) is 11.4 Å². The van der Waals surface area contributed by atoms with Crippen LogP contribution in [-0.2, 0) is 24.3 Å². The van der Waals surface area contributed by atoms with Crippen LogP contribution in [-0.4, -0.2) is 25.2 Å². The number of nitrogens with one attached hydrogen (secondary N) is 1. The van der Waals surface area contributed by atoms with Crippen LogP contribution in [0.2, 0.25) is 0 Å². The van der Waals surface area contributed by atoms with Crippen LogP contribution in [0, 0.1) is 13.8 Å². The molecule has 3 heterocycles. The van der Waals surface area contributed by atoms with Gasteiger partial charge in [0.15, 0.2) is 0 Å². The van der Waals surface area contributed by atoms with E-state index >= 15 is 0 Å². The van der Waals surface area contributed by atoms with Gasteiger partial charge in [-0.25, -0.2) is 4.79 Å². The van der Waals surface area contributed by atoms with Crippen LogP contribution in [0.15, 0.2) is 38.4 Å². The third-order valence-electron chi connectivity index (χ3n) is 5.30. The molecule has 3 aromatic rings. The monoisotopic (exact) mass is 409 g/mol. The molecule has 0 fully saturated rings. The first-order valence-corrected chi connectivity index (χ1v) is 9.98. The molecule has 0 unspecified atom stereocenters. The summed E-state index contributed by atoms with van der Waals surface area (Å²) in [6.07, 6.45) is 3.21. The molecule has 2 aromatic heterocycles. The van der Waals surface area contributed by atoms with E-state index in [0.29, 0.717) is 30.2 Å². The lowest BCUT2D eigenvalue weighted by Crippen LogP contribution is -2.44. The number of nitrogens with zero attached hydrogens (tertiary/aromatic N) is 4. The first-order chi connectivity index (χ1) is 14.5. The van der Waals surface area contributed by atoms with Gasteiger partial charge in [0, 0.05) is 24.8 Å². The Hall–Kier alpha value is -3.49. The lowest BCUT2D eigenvalue weighted by Gasteiger charge is -2.16. The summed E-state index contributed by atoms with van der Waals surface area (Å²) in [6, 6.07) is 7.32. The molecular weight excluding hydrogens is 386 g/mol. The van der Waals surface area contributed by atoms with E-state index in [9.17, 15) is 14.4 Å². The van der Waals surface area contributed by atoms with Crippen LogP contribution in [0.4, 0.5) is 5.69 Å². The van der Waals surface area contributed by atoms with E-state index in [4.69, 9.17) is 4.52 Å². The van der Waals surface area contributed by atoms with Crippen LogP contribution in [0.5, 0.6) is 0 Å². The normalized spacial score (nSPS) is 13.5. The molecule has 1 amide bonds. The molecule has 0 saturated heterocycles. The molecule has 0 atom stereocenters. The summed E-state index contributed by atoms with van der Waals surface area (Å²) in [5.74, 6) is 0.0240. The number of carbonyl (C=O) groups is 1. The maximum Gasteiger partial charge on any atom is 0.331 e. The summed E-state index contributed by atoms with van der Waals surface area (Å²) >= 11 is 0. The summed E-state index contributed by atoms with van der Waals surface area (Å²) in [6.45, 7) is 3.60. The molecule has 1 aliphatic rings. The number of aromatic nitrogens is 4. The molecule has 9 nitrogen and oxygen atoms in total.